The van der Waals surface area contributed by atoms with Crippen molar-refractivity contribution in [1.29, 1.82) is 0 Å². The largest absolute Gasteiger partial charge is 0.497 e. The Morgan fingerprint density at radius 1 is 1.25 bits per heavy atom. The van der Waals surface area contributed by atoms with Gasteiger partial charge in [0, 0.05) is 12.0 Å². The molecule has 0 saturated heterocycles. The fourth-order valence-corrected chi connectivity index (χ4v) is 1.89. The molecule has 0 radical (unpaired) electrons. The molecule has 0 unspecified atom stereocenters. The zero-order chi connectivity index (χ0) is 14.2. The summed E-state index contributed by atoms with van der Waals surface area (Å²) in [6, 6.07) is 7.62. The van der Waals surface area contributed by atoms with Crippen molar-refractivity contribution in [3.63, 3.8) is 0 Å². The van der Waals surface area contributed by atoms with Crippen LogP contribution in [-0.4, -0.2) is 30.4 Å². The molecule has 0 fully saturated rings. The van der Waals surface area contributed by atoms with Gasteiger partial charge in [0.25, 0.3) is 0 Å². The van der Waals surface area contributed by atoms with Crippen LogP contribution < -0.4 is 10.1 Å². The first kappa shape index (κ1) is 14.5. The highest BCUT2D eigenvalue weighted by Crippen LogP contribution is 2.22. The Bertz CT molecular complexity index is 525. The smallest absolute Gasteiger partial charge is 0.247 e. The van der Waals surface area contributed by atoms with Crippen LogP contribution in [0.2, 0.25) is 0 Å². The number of rotatable bonds is 8. The van der Waals surface area contributed by atoms with Crippen LogP contribution in [0, 0.1) is 0 Å². The second-order valence-electron chi connectivity index (χ2n) is 4.59. The molecular formula is C15H21N3O2. The van der Waals surface area contributed by atoms with Crippen molar-refractivity contribution < 1.29 is 9.15 Å². The Labute approximate surface area is 119 Å². The Morgan fingerprint density at radius 2 is 2.15 bits per heavy atom. The SMILES string of the molecule is CCCNCCCc1nnc(-c2cccc(OC)c2)o1. The topological polar surface area (TPSA) is 60.2 Å². The second-order valence-corrected chi connectivity index (χ2v) is 4.59. The minimum Gasteiger partial charge on any atom is -0.497 e. The van der Waals surface area contributed by atoms with Crippen LogP contribution >= 0.6 is 0 Å². The summed E-state index contributed by atoms with van der Waals surface area (Å²) in [5.74, 6) is 2.01. The van der Waals surface area contributed by atoms with Gasteiger partial charge < -0.3 is 14.5 Å². The molecule has 108 valence electrons. The van der Waals surface area contributed by atoms with E-state index in [1.165, 1.54) is 0 Å². The maximum absolute atomic E-state index is 5.67. The first-order chi connectivity index (χ1) is 9.83. The predicted molar refractivity (Wildman–Crippen MR) is 77.8 cm³/mol. The molecule has 1 N–H and O–H groups in total. The van der Waals surface area contributed by atoms with Gasteiger partial charge >= 0.3 is 0 Å². The van der Waals surface area contributed by atoms with Crippen molar-refractivity contribution in [3.8, 4) is 17.2 Å². The average Bonchev–Trinajstić information content (AvgIpc) is 2.96. The lowest BCUT2D eigenvalue weighted by molar-refractivity contribution is 0.414. The number of methoxy groups -OCH3 is 1. The number of nitrogens with zero attached hydrogens (tertiary/aromatic N) is 2. The minimum atomic E-state index is 0.542. The number of aromatic nitrogens is 2. The van der Waals surface area contributed by atoms with E-state index in [-0.39, 0.29) is 0 Å². The molecule has 0 aliphatic rings. The molecule has 5 heteroatoms. The van der Waals surface area contributed by atoms with E-state index in [1.54, 1.807) is 7.11 Å². The molecule has 0 bridgehead atoms. The van der Waals surface area contributed by atoms with Gasteiger partial charge in [-0.25, -0.2) is 0 Å². The van der Waals surface area contributed by atoms with Gasteiger partial charge in [-0.3, -0.25) is 0 Å². The van der Waals surface area contributed by atoms with Crippen LogP contribution in [0.25, 0.3) is 11.5 Å². The van der Waals surface area contributed by atoms with Crippen LogP contribution in [0.3, 0.4) is 0 Å². The summed E-state index contributed by atoms with van der Waals surface area (Å²) in [4.78, 5) is 0. The van der Waals surface area contributed by atoms with Crippen molar-refractivity contribution in [2.24, 2.45) is 0 Å². The number of benzene rings is 1. The van der Waals surface area contributed by atoms with Gasteiger partial charge in [0.1, 0.15) is 5.75 Å². The highest BCUT2D eigenvalue weighted by Gasteiger charge is 2.08. The van der Waals surface area contributed by atoms with Gasteiger partial charge in [0.2, 0.25) is 11.8 Å². The third-order valence-corrected chi connectivity index (χ3v) is 2.95. The Balaban J connectivity index is 1.91. The van der Waals surface area contributed by atoms with Crippen molar-refractivity contribution in [2.45, 2.75) is 26.2 Å². The van der Waals surface area contributed by atoms with Crippen molar-refractivity contribution in [2.75, 3.05) is 20.2 Å². The molecule has 0 aliphatic heterocycles. The van der Waals surface area contributed by atoms with E-state index in [4.69, 9.17) is 9.15 Å². The summed E-state index contributed by atoms with van der Waals surface area (Å²) in [6.45, 7) is 4.19. The van der Waals surface area contributed by atoms with Gasteiger partial charge in [-0.05, 0) is 44.1 Å². The fourth-order valence-electron chi connectivity index (χ4n) is 1.89. The van der Waals surface area contributed by atoms with E-state index in [0.717, 1.165) is 43.7 Å². The van der Waals surface area contributed by atoms with Crippen LogP contribution in [-0.2, 0) is 6.42 Å². The predicted octanol–water partition coefficient (Wildman–Crippen LogP) is 2.68. The van der Waals surface area contributed by atoms with Crippen molar-refractivity contribution in [1.82, 2.24) is 15.5 Å². The van der Waals surface area contributed by atoms with Gasteiger partial charge in [-0.15, -0.1) is 10.2 Å². The highest BCUT2D eigenvalue weighted by molar-refractivity contribution is 5.55. The molecule has 0 aliphatic carbocycles. The molecule has 20 heavy (non-hydrogen) atoms. The van der Waals surface area contributed by atoms with Gasteiger partial charge in [-0.2, -0.15) is 0 Å². The quantitative estimate of drug-likeness (QED) is 0.750. The minimum absolute atomic E-state index is 0.542. The lowest BCUT2D eigenvalue weighted by atomic mass is 10.2. The molecule has 2 rings (SSSR count). The van der Waals surface area contributed by atoms with Crippen LogP contribution in [0.1, 0.15) is 25.7 Å². The maximum Gasteiger partial charge on any atom is 0.247 e. The maximum atomic E-state index is 5.67. The number of aryl methyl sites for hydroxylation is 1. The van der Waals surface area contributed by atoms with E-state index in [2.05, 4.69) is 22.4 Å². The molecule has 1 heterocycles. The summed E-state index contributed by atoms with van der Waals surface area (Å²) < 4.78 is 10.9. The summed E-state index contributed by atoms with van der Waals surface area (Å²) in [6.07, 6.45) is 2.95. The van der Waals surface area contributed by atoms with Gasteiger partial charge in [0.05, 0.1) is 7.11 Å². The fraction of sp³-hybridized carbons (Fsp3) is 0.467. The van der Waals surface area contributed by atoms with Crippen molar-refractivity contribution >= 4 is 0 Å². The monoisotopic (exact) mass is 275 g/mol. The average molecular weight is 275 g/mol. The van der Waals surface area contributed by atoms with Crippen molar-refractivity contribution in [3.05, 3.63) is 30.2 Å². The second kappa shape index (κ2) is 7.65. The highest BCUT2D eigenvalue weighted by atomic mass is 16.5. The number of hydrogen-bond acceptors (Lipinski definition) is 5. The normalized spacial score (nSPS) is 10.7. The zero-order valence-electron chi connectivity index (χ0n) is 12.1. The molecule has 5 nitrogen and oxygen atoms in total. The van der Waals surface area contributed by atoms with Crippen LogP contribution in [0.4, 0.5) is 0 Å². The lowest BCUT2D eigenvalue weighted by Gasteiger charge is -2.01. The van der Waals surface area contributed by atoms with E-state index < -0.39 is 0 Å². The molecule has 1 aromatic heterocycles. The third-order valence-electron chi connectivity index (χ3n) is 2.95. The third kappa shape index (κ3) is 4.06. The molecule has 0 atom stereocenters. The molecule has 0 spiro atoms. The van der Waals surface area contributed by atoms with E-state index in [9.17, 15) is 0 Å². The number of hydrogen-bond donors (Lipinski definition) is 1. The summed E-state index contributed by atoms with van der Waals surface area (Å²) in [5.41, 5.74) is 0.882. The Hall–Kier alpha value is -1.88. The molecular weight excluding hydrogens is 254 g/mol. The first-order valence-electron chi connectivity index (χ1n) is 7.01. The zero-order valence-corrected chi connectivity index (χ0v) is 12.1. The summed E-state index contributed by atoms with van der Waals surface area (Å²) in [5, 5.41) is 11.5. The number of nitrogens with one attached hydrogen (secondary N) is 1. The molecule has 1 aromatic carbocycles. The molecule has 0 saturated carbocycles. The Morgan fingerprint density at radius 3 is 2.95 bits per heavy atom. The molecule has 2 aromatic rings. The standard InChI is InChI=1S/C15H21N3O2/c1-3-9-16-10-5-8-14-17-18-15(20-14)12-6-4-7-13(11-12)19-2/h4,6-7,11,16H,3,5,8-10H2,1-2H3. The van der Waals surface area contributed by atoms with Gasteiger partial charge in [-0.1, -0.05) is 13.0 Å². The number of ether oxygens (including phenoxy) is 1. The van der Waals surface area contributed by atoms with Crippen LogP contribution in [0.15, 0.2) is 28.7 Å². The molecule has 0 amide bonds. The van der Waals surface area contributed by atoms with E-state index in [1.807, 2.05) is 24.3 Å². The summed E-state index contributed by atoms with van der Waals surface area (Å²) >= 11 is 0. The van der Waals surface area contributed by atoms with E-state index >= 15 is 0 Å². The van der Waals surface area contributed by atoms with E-state index in [0.29, 0.717) is 11.8 Å². The lowest BCUT2D eigenvalue weighted by Crippen LogP contribution is -2.16. The van der Waals surface area contributed by atoms with Crippen LogP contribution in [0.5, 0.6) is 5.75 Å². The Kier molecular flexibility index (Phi) is 5.55. The summed E-state index contributed by atoms with van der Waals surface area (Å²) in [7, 11) is 1.64. The first-order valence-corrected chi connectivity index (χ1v) is 7.01. The van der Waals surface area contributed by atoms with Gasteiger partial charge in [0.15, 0.2) is 0 Å².